The van der Waals surface area contributed by atoms with E-state index >= 15 is 0 Å². The van der Waals surface area contributed by atoms with E-state index in [0.29, 0.717) is 27.2 Å². The first kappa shape index (κ1) is 19.9. The van der Waals surface area contributed by atoms with Gasteiger partial charge >= 0.3 is 5.97 Å². The number of hydrogen-bond acceptors (Lipinski definition) is 5. The van der Waals surface area contributed by atoms with E-state index in [2.05, 4.69) is 5.32 Å². The monoisotopic (exact) mass is 397 g/mol. The minimum absolute atomic E-state index is 0.354. The van der Waals surface area contributed by atoms with Crippen LogP contribution in [-0.4, -0.2) is 31.7 Å². The summed E-state index contributed by atoms with van der Waals surface area (Å²) in [6.45, 7) is 1.08. The van der Waals surface area contributed by atoms with Crippen molar-refractivity contribution in [3.05, 3.63) is 52.5 Å². The largest absolute Gasteiger partial charge is 0.495 e. The molecule has 0 saturated heterocycles. The molecule has 0 unspecified atom stereocenters. The summed E-state index contributed by atoms with van der Waals surface area (Å²) < 4.78 is 15.4. The molecule has 1 atom stereocenters. The van der Waals surface area contributed by atoms with Crippen molar-refractivity contribution in [3.63, 3.8) is 0 Å². The van der Waals surface area contributed by atoms with Crippen molar-refractivity contribution >= 4 is 40.8 Å². The molecular formula is C18H17Cl2NO5. The number of benzene rings is 2. The molecule has 6 nitrogen and oxygen atoms in total. The van der Waals surface area contributed by atoms with E-state index in [-0.39, 0.29) is 0 Å². The third-order valence-corrected chi connectivity index (χ3v) is 3.79. The number of esters is 1. The van der Waals surface area contributed by atoms with Crippen molar-refractivity contribution in [2.75, 3.05) is 19.0 Å². The van der Waals surface area contributed by atoms with E-state index in [1.807, 2.05) is 0 Å². The molecule has 0 heterocycles. The summed E-state index contributed by atoms with van der Waals surface area (Å²) in [5.41, 5.74) is 0.460. The minimum Gasteiger partial charge on any atom is -0.495 e. The molecule has 8 heteroatoms. The second-order valence-corrected chi connectivity index (χ2v) is 6.06. The van der Waals surface area contributed by atoms with Crippen LogP contribution in [0.5, 0.6) is 11.5 Å². The lowest BCUT2D eigenvalue weighted by Gasteiger charge is -2.14. The molecule has 0 fully saturated rings. The fourth-order valence-electron chi connectivity index (χ4n) is 1.96. The maximum atomic E-state index is 11.9. The van der Waals surface area contributed by atoms with Crippen molar-refractivity contribution in [3.8, 4) is 11.5 Å². The van der Waals surface area contributed by atoms with Gasteiger partial charge in [-0.2, -0.15) is 0 Å². The Morgan fingerprint density at radius 2 is 1.81 bits per heavy atom. The zero-order valence-electron chi connectivity index (χ0n) is 14.1. The van der Waals surface area contributed by atoms with E-state index in [1.165, 1.54) is 20.1 Å². The van der Waals surface area contributed by atoms with Gasteiger partial charge in [-0.3, -0.25) is 4.79 Å². The highest BCUT2D eigenvalue weighted by Gasteiger charge is 2.18. The number of methoxy groups -OCH3 is 1. The number of nitrogens with one attached hydrogen (secondary N) is 1. The van der Waals surface area contributed by atoms with Crippen molar-refractivity contribution in [2.24, 2.45) is 0 Å². The molecule has 138 valence electrons. The van der Waals surface area contributed by atoms with E-state index in [1.54, 1.807) is 36.4 Å². The van der Waals surface area contributed by atoms with Gasteiger partial charge in [0, 0.05) is 10.7 Å². The number of ether oxygens (including phenoxy) is 3. The lowest BCUT2D eigenvalue weighted by molar-refractivity contribution is -0.153. The summed E-state index contributed by atoms with van der Waals surface area (Å²) in [6.07, 6.45) is -0.876. The second kappa shape index (κ2) is 9.31. The molecule has 1 N–H and O–H groups in total. The van der Waals surface area contributed by atoms with Gasteiger partial charge in [0.15, 0.2) is 12.7 Å². The Hall–Kier alpha value is -2.44. The van der Waals surface area contributed by atoms with Crippen molar-refractivity contribution in [1.82, 2.24) is 0 Å². The van der Waals surface area contributed by atoms with Gasteiger partial charge < -0.3 is 19.5 Å². The first-order chi connectivity index (χ1) is 12.4. The van der Waals surface area contributed by atoms with Crippen molar-refractivity contribution in [1.29, 1.82) is 0 Å². The number of rotatable bonds is 7. The lowest BCUT2D eigenvalue weighted by atomic mass is 10.3. The number of carbonyl (C=O) groups excluding carboxylic acids is 2. The highest BCUT2D eigenvalue weighted by molar-refractivity contribution is 6.32. The van der Waals surface area contributed by atoms with Gasteiger partial charge in [-0.05, 0) is 49.4 Å². The topological polar surface area (TPSA) is 73.9 Å². The van der Waals surface area contributed by atoms with Crippen LogP contribution in [0.3, 0.4) is 0 Å². The van der Waals surface area contributed by atoms with Gasteiger partial charge in [0.25, 0.3) is 5.91 Å². The van der Waals surface area contributed by atoms with Crippen LogP contribution >= 0.6 is 23.2 Å². The average Bonchev–Trinajstić information content (AvgIpc) is 2.61. The Morgan fingerprint density at radius 3 is 2.42 bits per heavy atom. The van der Waals surface area contributed by atoms with Gasteiger partial charge in [-0.25, -0.2) is 4.79 Å². The molecule has 0 aliphatic heterocycles. The zero-order valence-corrected chi connectivity index (χ0v) is 15.6. The zero-order chi connectivity index (χ0) is 19.1. The lowest BCUT2D eigenvalue weighted by Crippen LogP contribution is -2.29. The van der Waals surface area contributed by atoms with Gasteiger partial charge in [0.2, 0.25) is 0 Å². The van der Waals surface area contributed by atoms with Crippen LogP contribution < -0.4 is 14.8 Å². The maximum Gasteiger partial charge on any atom is 0.347 e. The highest BCUT2D eigenvalue weighted by atomic mass is 35.5. The predicted molar refractivity (Wildman–Crippen MR) is 99.1 cm³/mol. The van der Waals surface area contributed by atoms with E-state index < -0.39 is 24.6 Å². The molecule has 0 spiro atoms. The molecule has 2 aromatic rings. The SMILES string of the molecule is COc1ccc(NC(=O)COC(=O)[C@H](C)Oc2ccc(Cl)cc2)cc1Cl. The molecule has 0 aliphatic rings. The molecule has 1 amide bonds. The Kier molecular flexibility index (Phi) is 7.12. The Balaban J connectivity index is 1.81. The van der Waals surface area contributed by atoms with Crippen LogP contribution in [-0.2, 0) is 14.3 Å². The van der Waals surface area contributed by atoms with Gasteiger partial charge in [0.05, 0.1) is 12.1 Å². The first-order valence-electron chi connectivity index (χ1n) is 7.61. The van der Waals surface area contributed by atoms with Gasteiger partial charge in [-0.15, -0.1) is 0 Å². The van der Waals surface area contributed by atoms with E-state index in [4.69, 9.17) is 37.4 Å². The molecule has 0 aromatic heterocycles. The highest BCUT2D eigenvalue weighted by Crippen LogP contribution is 2.27. The molecule has 2 aromatic carbocycles. The number of anilines is 1. The molecule has 2 rings (SSSR count). The van der Waals surface area contributed by atoms with Crippen LogP contribution in [0.15, 0.2) is 42.5 Å². The third kappa shape index (κ3) is 5.82. The third-order valence-electron chi connectivity index (χ3n) is 3.24. The fourth-order valence-corrected chi connectivity index (χ4v) is 2.34. The summed E-state index contributed by atoms with van der Waals surface area (Å²) in [5, 5.41) is 3.48. The summed E-state index contributed by atoms with van der Waals surface area (Å²) >= 11 is 11.8. The first-order valence-corrected chi connectivity index (χ1v) is 8.37. The average molecular weight is 398 g/mol. The molecule has 0 bridgehead atoms. The van der Waals surface area contributed by atoms with Crippen LogP contribution in [0.4, 0.5) is 5.69 Å². The van der Waals surface area contributed by atoms with Gasteiger partial charge in [-0.1, -0.05) is 23.2 Å². The summed E-state index contributed by atoms with van der Waals surface area (Å²) in [7, 11) is 1.49. The predicted octanol–water partition coefficient (Wildman–Crippen LogP) is 3.95. The number of amides is 1. The van der Waals surface area contributed by atoms with Crippen LogP contribution in [0.1, 0.15) is 6.92 Å². The van der Waals surface area contributed by atoms with E-state index in [0.717, 1.165) is 0 Å². The molecule has 0 saturated carbocycles. The summed E-state index contributed by atoms with van der Waals surface area (Å²) in [6, 6.07) is 11.3. The maximum absolute atomic E-state index is 11.9. The minimum atomic E-state index is -0.876. The molecule has 0 aliphatic carbocycles. The molecule has 26 heavy (non-hydrogen) atoms. The van der Waals surface area contributed by atoms with Crippen molar-refractivity contribution < 1.29 is 23.8 Å². The number of carbonyl (C=O) groups is 2. The number of hydrogen-bond donors (Lipinski definition) is 1. The second-order valence-electron chi connectivity index (χ2n) is 5.22. The standard InChI is InChI=1S/C18H17Cl2NO5/c1-11(26-14-6-3-12(19)4-7-14)18(23)25-10-17(22)21-13-5-8-16(24-2)15(20)9-13/h3-9,11H,10H2,1-2H3,(H,21,22)/t11-/m0/s1. The molecular weight excluding hydrogens is 381 g/mol. The quantitative estimate of drug-likeness (QED) is 0.715. The summed E-state index contributed by atoms with van der Waals surface area (Å²) in [5.74, 6) is -0.207. The Morgan fingerprint density at radius 1 is 1.12 bits per heavy atom. The fraction of sp³-hybridized carbons (Fsp3) is 0.222. The Bertz CT molecular complexity index is 780. The van der Waals surface area contributed by atoms with Crippen LogP contribution in [0.2, 0.25) is 10.0 Å². The summed E-state index contributed by atoms with van der Waals surface area (Å²) in [4.78, 5) is 23.8. The smallest absolute Gasteiger partial charge is 0.347 e. The van der Waals surface area contributed by atoms with Gasteiger partial charge in [0.1, 0.15) is 11.5 Å². The van der Waals surface area contributed by atoms with Crippen molar-refractivity contribution in [2.45, 2.75) is 13.0 Å². The van der Waals surface area contributed by atoms with Crippen LogP contribution in [0, 0.1) is 0 Å². The normalized spacial score (nSPS) is 11.4. The van der Waals surface area contributed by atoms with E-state index in [9.17, 15) is 9.59 Å². The molecule has 0 radical (unpaired) electrons. The number of halogens is 2. The van der Waals surface area contributed by atoms with Crippen LogP contribution in [0.25, 0.3) is 0 Å². The Labute approximate surface area is 160 Å².